The molecule has 3 rings (SSSR count). The first-order valence-electron chi connectivity index (χ1n) is 9.22. The summed E-state index contributed by atoms with van der Waals surface area (Å²) in [6.07, 6.45) is 3.47. The van der Waals surface area contributed by atoms with Crippen LogP contribution in [0.4, 0.5) is 11.6 Å². The molecule has 0 saturated carbocycles. The van der Waals surface area contributed by atoms with E-state index in [4.69, 9.17) is 0 Å². The predicted molar refractivity (Wildman–Crippen MR) is 111 cm³/mol. The number of nitrogens with zero attached hydrogens (tertiary/aromatic N) is 3. The van der Waals surface area contributed by atoms with Crippen molar-refractivity contribution in [2.24, 2.45) is 0 Å². The van der Waals surface area contributed by atoms with E-state index in [1.165, 1.54) is 0 Å². The summed E-state index contributed by atoms with van der Waals surface area (Å²) in [6.45, 7) is 8.76. The molecule has 1 aromatic carbocycles. The summed E-state index contributed by atoms with van der Waals surface area (Å²) in [4.78, 5) is 25.6. The fourth-order valence-corrected chi connectivity index (χ4v) is 2.88. The molecule has 1 amide bonds. The van der Waals surface area contributed by atoms with Crippen LogP contribution in [0, 0.1) is 6.92 Å². The molecule has 0 atom stereocenters. The van der Waals surface area contributed by atoms with Gasteiger partial charge < -0.3 is 10.6 Å². The van der Waals surface area contributed by atoms with Crippen molar-refractivity contribution in [3.05, 3.63) is 77.4 Å². The zero-order valence-corrected chi connectivity index (χ0v) is 16.7. The van der Waals surface area contributed by atoms with E-state index in [0.29, 0.717) is 18.2 Å². The standard InChI is InChI=1S/C22H25N5O/c1-15-13-19(27-21(25-15)24-14-16-9-11-23-12-10-16)20(28)26-18-8-6-5-7-17(18)22(2,3)4/h5-13H,14H2,1-4H3,(H,26,28)(H,24,25,27). The Hall–Kier alpha value is -3.28. The van der Waals surface area contributed by atoms with Crippen molar-refractivity contribution >= 4 is 17.5 Å². The molecule has 0 aliphatic rings. The Morgan fingerprint density at radius 2 is 1.75 bits per heavy atom. The number of hydrogen-bond acceptors (Lipinski definition) is 5. The number of amides is 1. The first-order valence-corrected chi connectivity index (χ1v) is 9.22. The Kier molecular flexibility index (Phi) is 5.68. The number of benzene rings is 1. The highest BCUT2D eigenvalue weighted by Crippen LogP contribution is 2.29. The van der Waals surface area contributed by atoms with Gasteiger partial charge in [0.05, 0.1) is 0 Å². The number of carbonyl (C=O) groups is 1. The highest BCUT2D eigenvalue weighted by atomic mass is 16.1. The summed E-state index contributed by atoms with van der Waals surface area (Å²) in [6, 6.07) is 13.4. The van der Waals surface area contributed by atoms with Crippen LogP contribution in [0.3, 0.4) is 0 Å². The number of aryl methyl sites for hydroxylation is 1. The smallest absolute Gasteiger partial charge is 0.274 e. The SMILES string of the molecule is Cc1cc(C(=O)Nc2ccccc2C(C)(C)C)nc(NCc2ccncc2)n1. The zero-order valence-electron chi connectivity index (χ0n) is 16.7. The molecule has 0 spiro atoms. The second-order valence-electron chi connectivity index (χ2n) is 7.68. The molecule has 2 N–H and O–H groups in total. The summed E-state index contributed by atoms with van der Waals surface area (Å²) in [5.41, 5.74) is 3.90. The van der Waals surface area contributed by atoms with E-state index in [0.717, 1.165) is 22.5 Å². The largest absolute Gasteiger partial charge is 0.350 e. The Bertz CT molecular complexity index is 964. The lowest BCUT2D eigenvalue weighted by molar-refractivity contribution is 0.102. The molecule has 28 heavy (non-hydrogen) atoms. The van der Waals surface area contributed by atoms with E-state index in [9.17, 15) is 4.79 Å². The van der Waals surface area contributed by atoms with Crippen molar-refractivity contribution < 1.29 is 4.79 Å². The molecule has 6 heteroatoms. The first kappa shape index (κ1) is 19.5. The van der Waals surface area contributed by atoms with Gasteiger partial charge in [0, 0.05) is 30.3 Å². The Morgan fingerprint density at radius 3 is 2.46 bits per heavy atom. The number of aromatic nitrogens is 3. The third-order valence-electron chi connectivity index (χ3n) is 4.27. The lowest BCUT2D eigenvalue weighted by Crippen LogP contribution is -2.20. The topological polar surface area (TPSA) is 79.8 Å². The quantitative estimate of drug-likeness (QED) is 0.693. The number of anilines is 2. The lowest BCUT2D eigenvalue weighted by atomic mass is 9.86. The molecular formula is C22H25N5O. The van der Waals surface area contributed by atoms with Crippen LogP contribution >= 0.6 is 0 Å². The summed E-state index contributed by atoms with van der Waals surface area (Å²) in [5.74, 6) is 0.167. The van der Waals surface area contributed by atoms with Gasteiger partial charge in [-0.05, 0) is 47.7 Å². The monoisotopic (exact) mass is 375 g/mol. The molecular weight excluding hydrogens is 350 g/mol. The summed E-state index contributed by atoms with van der Waals surface area (Å²) < 4.78 is 0. The van der Waals surface area contributed by atoms with E-state index in [-0.39, 0.29) is 11.3 Å². The van der Waals surface area contributed by atoms with Crippen molar-refractivity contribution in [1.82, 2.24) is 15.0 Å². The normalized spacial score (nSPS) is 11.1. The molecule has 2 aromatic heterocycles. The molecule has 0 aliphatic heterocycles. The molecule has 0 unspecified atom stereocenters. The number of carbonyl (C=O) groups excluding carboxylic acids is 1. The molecule has 0 aliphatic carbocycles. The Labute approximate surface area is 165 Å². The van der Waals surface area contributed by atoms with Gasteiger partial charge in [-0.25, -0.2) is 9.97 Å². The van der Waals surface area contributed by atoms with E-state index in [1.807, 2.05) is 43.3 Å². The summed E-state index contributed by atoms with van der Waals surface area (Å²) in [7, 11) is 0. The molecule has 3 aromatic rings. The third-order valence-corrected chi connectivity index (χ3v) is 4.27. The van der Waals surface area contributed by atoms with Crippen LogP contribution in [0.1, 0.15) is 48.1 Å². The number of para-hydroxylation sites is 1. The second-order valence-corrected chi connectivity index (χ2v) is 7.68. The summed E-state index contributed by atoms with van der Waals surface area (Å²) in [5, 5.41) is 6.16. The van der Waals surface area contributed by atoms with E-state index in [1.54, 1.807) is 18.5 Å². The second kappa shape index (κ2) is 8.17. The van der Waals surface area contributed by atoms with Gasteiger partial charge in [-0.15, -0.1) is 0 Å². The minimum Gasteiger partial charge on any atom is -0.350 e. The molecule has 2 heterocycles. The van der Waals surface area contributed by atoms with Crippen molar-refractivity contribution in [2.45, 2.75) is 39.7 Å². The molecule has 0 bridgehead atoms. The average molecular weight is 375 g/mol. The zero-order chi connectivity index (χ0) is 20.1. The highest BCUT2D eigenvalue weighted by molar-refractivity contribution is 6.03. The Balaban J connectivity index is 1.78. The van der Waals surface area contributed by atoms with Gasteiger partial charge in [0.1, 0.15) is 5.69 Å². The van der Waals surface area contributed by atoms with Crippen LogP contribution in [-0.4, -0.2) is 20.9 Å². The van der Waals surface area contributed by atoms with Gasteiger partial charge in [0.15, 0.2) is 0 Å². The molecule has 0 fully saturated rings. The number of hydrogen-bond donors (Lipinski definition) is 2. The maximum atomic E-state index is 12.8. The van der Waals surface area contributed by atoms with Crippen LogP contribution in [0.25, 0.3) is 0 Å². The van der Waals surface area contributed by atoms with Gasteiger partial charge in [-0.2, -0.15) is 0 Å². The molecule has 0 radical (unpaired) electrons. The van der Waals surface area contributed by atoms with Crippen LogP contribution in [0.2, 0.25) is 0 Å². The Morgan fingerprint density at radius 1 is 1.04 bits per heavy atom. The van der Waals surface area contributed by atoms with Crippen LogP contribution in [0.15, 0.2) is 54.9 Å². The average Bonchev–Trinajstić information content (AvgIpc) is 2.66. The van der Waals surface area contributed by atoms with E-state index in [2.05, 4.69) is 46.4 Å². The van der Waals surface area contributed by atoms with Crippen molar-refractivity contribution in [2.75, 3.05) is 10.6 Å². The first-order chi connectivity index (χ1) is 13.3. The molecule has 6 nitrogen and oxygen atoms in total. The van der Waals surface area contributed by atoms with Gasteiger partial charge >= 0.3 is 0 Å². The van der Waals surface area contributed by atoms with Crippen LogP contribution in [0.5, 0.6) is 0 Å². The van der Waals surface area contributed by atoms with E-state index >= 15 is 0 Å². The maximum absolute atomic E-state index is 12.8. The number of nitrogens with one attached hydrogen (secondary N) is 2. The third kappa shape index (κ3) is 4.91. The van der Waals surface area contributed by atoms with E-state index < -0.39 is 0 Å². The fraction of sp³-hybridized carbons (Fsp3) is 0.273. The van der Waals surface area contributed by atoms with Gasteiger partial charge in [0.25, 0.3) is 5.91 Å². The predicted octanol–water partition coefficient (Wildman–Crippen LogP) is 4.34. The van der Waals surface area contributed by atoms with Gasteiger partial charge in [-0.1, -0.05) is 39.0 Å². The minimum atomic E-state index is -0.255. The van der Waals surface area contributed by atoms with Crippen molar-refractivity contribution in [1.29, 1.82) is 0 Å². The molecule has 0 saturated heterocycles. The van der Waals surface area contributed by atoms with Crippen LogP contribution < -0.4 is 10.6 Å². The van der Waals surface area contributed by atoms with Gasteiger partial charge in [0.2, 0.25) is 5.95 Å². The highest BCUT2D eigenvalue weighted by Gasteiger charge is 2.19. The van der Waals surface area contributed by atoms with Gasteiger partial charge in [-0.3, -0.25) is 9.78 Å². The van der Waals surface area contributed by atoms with Crippen molar-refractivity contribution in [3.8, 4) is 0 Å². The number of pyridine rings is 1. The maximum Gasteiger partial charge on any atom is 0.274 e. The number of rotatable bonds is 5. The van der Waals surface area contributed by atoms with Crippen LogP contribution in [-0.2, 0) is 12.0 Å². The van der Waals surface area contributed by atoms with Crippen molar-refractivity contribution in [3.63, 3.8) is 0 Å². The summed E-state index contributed by atoms with van der Waals surface area (Å²) >= 11 is 0. The minimum absolute atomic E-state index is 0.0806. The fourth-order valence-electron chi connectivity index (χ4n) is 2.88. The lowest BCUT2D eigenvalue weighted by Gasteiger charge is -2.23. The molecule has 144 valence electrons.